The largest absolute Gasteiger partial charge is 0.459 e. The molecule has 0 radical (unpaired) electrons. The lowest BCUT2D eigenvalue weighted by Crippen LogP contribution is -2.21. The Kier molecular flexibility index (Phi) is 3.47. The van der Waals surface area contributed by atoms with Gasteiger partial charge in [0.15, 0.2) is 0 Å². The standard InChI is InChI=1S/C14H17N5O/c1-18(2)12(7-8-19-10-15-16-17-19)14-9-11-5-3-4-6-13(11)20-14/h3-6,9-10,12H,7-8H2,1-2H3. The van der Waals surface area contributed by atoms with Crippen LogP contribution in [0.15, 0.2) is 41.1 Å². The molecule has 0 aliphatic heterocycles. The Morgan fingerprint density at radius 2 is 2.15 bits per heavy atom. The van der Waals surface area contributed by atoms with Gasteiger partial charge in [-0.2, -0.15) is 0 Å². The Balaban J connectivity index is 1.82. The monoisotopic (exact) mass is 271 g/mol. The Hall–Kier alpha value is -2.21. The summed E-state index contributed by atoms with van der Waals surface area (Å²) in [5.41, 5.74) is 0.928. The van der Waals surface area contributed by atoms with E-state index in [-0.39, 0.29) is 6.04 Å². The lowest BCUT2D eigenvalue weighted by atomic mass is 10.1. The fourth-order valence-electron chi connectivity index (χ4n) is 2.36. The number of benzene rings is 1. The fraction of sp³-hybridized carbons (Fsp3) is 0.357. The zero-order valence-electron chi connectivity index (χ0n) is 11.6. The molecule has 0 amide bonds. The molecule has 104 valence electrons. The molecule has 0 bridgehead atoms. The van der Waals surface area contributed by atoms with Crippen LogP contribution in [0.2, 0.25) is 0 Å². The molecule has 6 nitrogen and oxygen atoms in total. The van der Waals surface area contributed by atoms with Gasteiger partial charge < -0.3 is 4.42 Å². The minimum Gasteiger partial charge on any atom is -0.459 e. The minimum atomic E-state index is 0.201. The Morgan fingerprint density at radius 1 is 1.30 bits per heavy atom. The SMILES string of the molecule is CN(C)C(CCn1cnnn1)c1cc2ccccc2o1. The first-order chi connectivity index (χ1) is 9.74. The number of hydrogen-bond acceptors (Lipinski definition) is 5. The topological polar surface area (TPSA) is 60.0 Å². The number of tetrazole rings is 1. The third kappa shape index (κ3) is 2.55. The van der Waals surface area contributed by atoms with E-state index < -0.39 is 0 Å². The first kappa shape index (κ1) is 12.8. The van der Waals surface area contributed by atoms with E-state index in [1.807, 2.05) is 18.2 Å². The maximum Gasteiger partial charge on any atom is 0.138 e. The van der Waals surface area contributed by atoms with E-state index in [2.05, 4.69) is 46.7 Å². The first-order valence-corrected chi connectivity index (χ1v) is 6.60. The van der Waals surface area contributed by atoms with Crippen molar-refractivity contribution in [3.63, 3.8) is 0 Å². The molecule has 0 spiro atoms. The van der Waals surface area contributed by atoms with E-state index in [0.29, 0.717) is 0 Å². The molecule has 1 atom stereocenters. The van der Waals surface area contributed by atoms with Crippen molar-refractivity contribution in [2.75, 3.05) is 14.1 Å². The zero-order chi connectivity index (χ0) is 13.9. The van der Waals surface area contributed by atoms with Crippen LogP contribution >= 0.6 is 0 Å². The molecule has 6 heteroatoms. The van der Waals surface area contributed by atoms with E-state index in [4.69, 9.17) is 4.42 Å². The highest BCUT2D eigenvalue weighted by Gasteiger charge is 2.18. The van der Waals surface area contributed by atoms with Crippen molar-refractivity contribution >= 4 is 11.0 Å². The first-order valence-electron chi connectivity index (χ1n) is 6.60. The molecule has 1 unspecified atom stereocenters. The van der Waals surface area contributed by atoms with Crippen LogP contribution in [0.1, 0.15) is 18.2 Å². The second-order valence-corrected chi connectivity index (χ2v) is 5.03. The molecule has 0 fully saturated rings. The number of nitrogens with zero attached hydrogens (tertiary/aromatic N) is 5. The Bertz CT molecular complexity index is 641. The maximum atomic E-state index is 5.96. The van der Waals surface area contributed by atoms with Crippen molar-refractivity contribution in [1.29, 1.82) is 0 Å². The molecular formula is C14H17N5O. The van der Waals surface area contributed by atoms with Crippen molar-refractivity contribution in [2.24, 2.45) is 0 Å². The van der Waals surface area contributed by atoms with Crippen molar-refractivity contribution in [1.82, 2.24) is 25.1 Å². The van der Waals surface area contributed by atoms with Crippen LogP contribution in [0.25, 0.3) is 11.0 Å². The molecule has 2 aromatic heterocycles. The van der Waals surface area contributed by atoms with E-state index in [1.54, 1.807) is 11.0 Å². The summed E-state index contributed by atoms with van der Waals surface area (Å²) in [4.78, 5) is 2.15. The fourth-order valence-corrected chi connectivity index (χ4v) is 2.36. The van der Waals surface area contributed by atoms with Gasteiger partial charge in [0.1, 0.15) is 17.7 Å². The molecule has 20 heavy (non-hydrogen) atoms. The number of fused-ring (bicyclic) bond motifs is 1. The van der Waals surface area contributed by atoms with Crippen LogP contribution in [-0.2, 0) is 6.54 Å². The van der Waals surface area contributed by atoms with Gasteiger partial charge in [0.25, 0.3) is 0 Å². The summed E-state index contributed by atoms with van der Waals surface area (Å²) >= 11 is 0. The summed E-state index contributed by atoms with van der Waals surface area (Å²) in [6, 6.07) is 10.4. The van der Waals surface area contributed by atoms with Gasteiger partial charge in [-0.3, -0.25) is 4.90 Å². The predicted octanol–water partition coefficient (Wildman–Crippen LogP) is 2.11. The second-order valence-electron chi connectivity index (χ2n) is 5.03. The molecule has 2 heterocycles. The summed E-state index contributed by atoms with van der Waals surface area (Å²) in [7, 11) is 4.11. The molecule has 0 saturated heterocycles. The summed E-state index contributed by atoms with van der Waals surface area (Å²) in [5, 5.41) is 12.3. The number of rotatable bonds is 5. The van der Waals surface area contributed by atoms with E-state index >= 15 is 0 Å². The van der Waals surface area contributed by atoms with Crippen molar-refractivity contribution < 1.29 is 4.42 Å². The molecule has 0 N–H and O–H groups in total. The second kappa shape index (κ2) is 5.42. The molecule has 0 aliphatic rings. The summed E-state index contributed by atoms with van der Waals surface area (Å²) in [6.45, 7) is 0.757. The normalized spacial score (nSPS) is 13.2. The molecule has 0 aliphatic carbocycles. The maximum absolute atomic E-state index is 5.96. The Labute approximate surface area is 117 Å². The smallest absolute Gasteiger partial charge is 0.138 e. The number of aryl methyl sites for hydroxylation is 1. The summed E-state index contributed by atoms with van der Waals surface area (Å²) in [6.07, 6.45) is 2.52. The van der Waals surface area contributed by atoms with Gasteiger partial charge in [-0.1, -0.05) is 18.2 Å². The van der Waals surface area contributed by atoms with E-state index in [9.17, 15) is 0 Å². The van der Waals surface area contributed by atoms with Crippen molar-refractivity contribution in [3.05, 3.63) is 42.4 Å². The van der Waals surface area contributed by atoms with Crippen molar-refractivity contribution in [2.45, 2.75) is 19.0 Å². The molecule has 1 aromatic carbocycles. The quantitative estimate of drug-likeness (QED) is 0.711. The zero-order valence-corrected chi connectivity index (χ0v) is 11.6. The van der Waals surface area contributed by atoms with Gasteiger partial charge in [0.05, 0.1) is 6.04 Å². The third-order valence-electron chi connectivity index (χ3n) is 3.42. The average Bonchev–Trinajstić information content (AvgIpc) is 3.06. The van der Waals surface area contributed by atoms with Gasteiger partial charge >= 0.3 is 0 Å². The molecule has 3 rings (SSSR count). The highest BCUT2D eigenvalue weighted by molar-refractivity contribution is 5.77. The lowest BCUT2D eigenvalue weighted by Gasteiger charge is -2.21. The number of aromatic nitrogens is 4. The molecule has 3 aromatic rings. The third-order valence-corrected chi connectivity index (χ3v) is 3.42. The summed E-state index contributed by atoms with van der Waals surface area (Å²) < 4.78 is 7.69. The van der Waals surface area contributed by atoms with Gasteiger partial charge in [0, 0.05) is 11.9 Å². The molecule has 0 saturated carbocycles. The number of hydrogen-bond donors (Lipinski definition) is 0. The molecular weight excluding hydrogens is 254 g/mol. The van der Waals surface area contributed by atoms with Gasteiger partial charge in [-0.05, 0) is 43.1 Å². The Morgan fingerprint density at radius 3 is 2.85 bits per heavy atom. The number of furan rings is 1. The van der Waals surface area contributed by atoms with Crippen LogP contribution in [0.5, 0.6) is 0 Å². The number of para-hydroxylation sites is 1. The lowest BCUT2D eigenvalue weighted by molar-refractivity contribution is 0.237. The van der Waals surface area contributed by atoms with Crippen LogP contribution in [0, 0.1) is 0 Å². The highest BCUT2D eigenvalue weighted by atomic mass is 16.3. The van der Waals surface area contributed by atoms with E-state index in [0.717, 1.165) is 29.7 Å². The van der Waals surface area contributed by atoms with Crippen LogP contribution < -0.4 is 0 Å². The van der Waals surface area contributed by atoms with E-state index in [1.165, 1.54) is 0 Å². The summed E-state index contributed by atoms with van der Waals surface area (Å²) in [5.74, 6) is 0.976. The van der Waals surface area contributed by atoms with Gasteiger partial charge in [-0.25, -0.2) is 4.68 Å². The van der Waals surface area contributed by atoms with Crippen molar-refractivity contribution in [3.8, 4) is 0 Å². The minimum absolute atomic E-state index is 0.201. The highest BCUT2D eigenvalue weighted by Crippen LogP contribution is 2.28. The predicted molar refractivity (Wildman–Crippen MR) is 75.1 cm³/mol. The van der Waals surface area contributed by atoms with Crippen LogP contribution in [0.3, 0.4) is 0 Å². The van der Waals surface area contributed by atoms with Crippen LogP contribution in [0.4, 0.5) is 0 Å². The van der Waals surface area contributed by atoms with Gasteiger partial charge in [0.2, 0.25) is 0 Å². The van der Waals surface area contributed by atoms with Crippen LogP contribution in [-0.4, -0.2) is 39.2 Å². The average molecular weight is 271 g/mol. The van der Waals surface area contributed by atoms with Gasteiger partial charge in [-0.15, -0.1) is 5.10 Å².